The Bertz CT molecular complexity index is 666. The maximum absolute atomic E-state index is 13.0. The van der Waals surface area contributed by atoms with E-state index in [1.807, 2.05) is 24.3 Å². The van der Waals surface area contributed by atoms with Crippen LogP contribution >= 0.6 is 0 Å². The van der Waals surface area contributed by atoms with Crippen molar-refractivity contribution in [3.05, 3.63) is 35.0 Å². The highest BCUT2D eigenvalue weighted by Crippen LogP contribution is 2.34. The van der Waals surface area contributed by atoms with Crippen molar-refractivity contribution in [2.45, 2.75) is 50.9 Å². The molecule has 0 bridgehead atoms. The maximum atomic E-state index is 13.0. The van der Waals surface area contributed by atoms with Gasteiger partial charge in [-0.25, -0.2) is 4.79 Å². The minimum Gasteiger partial charge on any atom is -0.623 e. The van der Waals surface area contributed by atoms with Crippen molar-refractivity contribution in [2.75, 3.05) is 26.9 Å². The number of methoxy groups -OCH3 is 1. The van der Waals surface area contributed by atoms with Crippen LogP contribution in [0.2, 0.25) is 0 Å². The quantitative estimate of drug-likeness (QED) is 0.328. The van der Waals surface area contributed by atoms with Gasteiger partial charge in [0.2, 0.25) is 0 Å². The zero-order valence-corrected chi connectivity index (χ0v) is 15.9. The Hall–Kier alpha value is -2.12. The van der Waals surface area contributed by atoms with Gasteiger partial charge in [0.25, 0.3) is 6.04 Å². The van der Waals surface area contributed by atoms with Crippen molar-refractivity contribution in [1.82, 2.24) is 0 Å². The van der Waals surface area contributed by atoms with Crippen molar-refractivity contribution in [3.63, 3.8) is 0 Å². The molecule has 0 radical (unpaired) electrons. The van der Waals surface area contributed by atoms with Crippen LogP contribution in [-0.4, -0.2) is 55.2 Å². The second-order valence-corrected chi connectivity index (χ2v) is 6.82. The molecular weight excluding hydrogens is 350 g/mol. The van der Waals surface area contributed by atoms with E-state index in [4.69, 9.17) is 18.9 Å². The molecule has 0 amide bonds. The predicted octanol–water partition coefficient (Wildman–Crippen LogP) is 2.44. The van der Waals surface area contributed by atoms with E-state index < -0.39 is 17.8 Å². The molecule has 1 aliphatic heterocycles. The van der Waals surface area contributed by atoms with Crippen LogP contribution in [0.5, 0.6) is 5.75 Å². The number of rotatable bonds is 6. The average molecular weight is 377 g/mol. The Morgan fingerprint density at radius 1 is 1.22 bits per heavy atom. The van der Waals surface area contributed by atoms with E-state index in [0.29, 0.717) is 44.6 Å². The summed E-state index contributed by atoms with van der Waals surface area (Å²) in [6, 6.07) is 6.46. The van der Waals surface area contributed by atoms with E-state index in [1.165, 1.54) is 0 Å². The van der Waals surface area contributed by atoms with Crippen molar-refractivity contribution in [2.24, 2.45) is 0 Å². The molecule has 1 unspecified atom stereocenters. The predicted molar refractivity (Wildman–Crippen MR) is 98.9 cm³/mol. The summed E-state index contributed by atoms with van der Waals surface area (Å²) in [7, 11) is 1.60. The summed E-state index contributed by atoms with van der Waals surface area (Å²) >= 11 is 0. The number of carbonyl (C=O) groups excluding carboxylic acids is 1. The van der Waals surface area contributed by atoms with E-state index in [-0.39, 0.29) is 13.0 Å². The summed E-state index contributed by atoms with van der Waals surface area (Å²) in [6.45, 7) is 3.17. The molecule has 7 heteroatoms. The second-order valence-electron chi connectivity index (χ2n) is 6.82. The molecule has 0 aromatic heterocycles. The van der Waals surface area contributed by atoms with Crippen LogP contribution in [-0.2, 0) is 25.4 Å². The van der Waals surface area contributed by atoms with Gasteiger partial charge < -0.3 is 24.2 Å². The van der Waals surface area contributed by atoms with Crippen molar-refractivity contribution in [3.8, 4) is 5.75 Å². The third kappa shape index (κ3) is 4.59. The first-order chi connectivity index (χ1) is 13.1. The summed E-state index contributed by atoms with van der Waals surface area (Å²) in [6.07, 6.45) is 2.68. The van der Waals surface area contributed by atoms with Gasteiger partial charge in [-0.15, -0.1) is 0 Å². The molecule has 2 fully saturated rings. The number of hydrogen-bond donors (Lipinski definition) is 0. The highest BCUT2D eigenvalue weighted by Gasteiger charge is 2.42. The minimum atomic E-state index is -0.896. The highest BCUT2D eigenvalue weighted by molar-refractivity contribution is 5.83. The third-order valence-corrected chi connectivity index (χ3v) is 5.14. The number of esters is 1. The first-order valence-electron chi connectivity index (χ1n) is 9.45. The molecule has 7 nitrogen and oxygen atoms in total. The molecular formula is C20H27NO6. The lowest BCUT2D eigenvalue weighted by Crippen LogP contribution is -2.42. The van der Waals surface area contributed by atoms with Gasteiger partial charge >= 0.3 is 5.97 Å². The Balaban J connectivity index is 1.76. The molecule has 148 valence electrons. The normalized spacial score (nSPS) is 19.7. The average Bonchev–Trinajstić information content (AvgIpc) is 3.15. The number of benzene rings is 1. The second kappa shape index (κ2) is 8.71. The van der Waals surface area contributed by atoms with E-state index >= 15 is 0 Å². The van der Waals surface area contributed by atoms with Gasteiger partial charge in [0, 0.05) is 32.1 Å². The van der Waals surface area contributed by atoms with Crippen molar-refractivity contribution < 1.29 is 28.5 Å². The molecule has 1 aliphatic carbocycles. The molecule has 1 saturated carbocycles. The molecule has 1 heterocycles. The van der Waals surface area contributed by atoms with E-state index in [2.05, 4.69) is 0 Å². The number of hydrogen-bond acceptors (Lipinski definition) is 6. The summed E-state index contributed by atoms with van der Waals surface area (Å²) in [5, 5.41) is 13.0. The van der Waals surface area contributed by atoms with Crippen LogP contribution in [0.25, 0.3) is 0 Å². The van der Waals surface area contributed by atoms with Crippen LogP contribution < -0.4 is 4.74 Å². The monoisotopic (exact) mass is 377 g/mol. The van der Waals surface area contributed by atoms with Gasteiger partial charge in [-0.3, -0.25) is 0 Å². The maximum Gasteiger partial charge on any atom is 0.377 e. The summed E-state index contributed by atoms with van der Waals surface area (Å²) in [4.78, 5) is 12.5. The van der Waals surface area contributed by atoms with Gasteiger partial charge in [-0.1, -0.05) is 12.1 Å². The third-order valence-electron chi connectivity index (χ3n) is 5.14. The highest BCUT2D eigenvalue weighted by atomic mass is 16.7. The van der Waals surface area contributed by atoms with Crippen LogP contribution in [0, 0.1) is 5.21 Å². The lowest BCUT2D eigenvalue weighted by Gasteiger charge is -2.32. The molecule has 1 aromatic carbocycles. The zero-order valence-electron chi connectivity index (χ0n) is 15.9. The van der Waals surface area contributed by atoms with Gasteiger partial charge in [0.05, 0.1) is 26.9 Å². The molecule has 1 spiro atoms. The van der Waals surface area contributed by atoms with Crippen LogP contribution in [0.3, 0.4) is 0 Å². The number of ether oxygens (including phenoxy) is 4. The molecule has 1 saturated heterocycles. The summed E-state index contributed by atoms with van der Waals surface area (Å²) in [5.74, 6) is -0.307. The van der Waals surface area contributed by atoms with Crippen LogP contribution in [0.1, 0.15) is 38.2 Å². The molecule has 1 atom stereocenters. The van der Waals surface area contributed by atoms with Crippen molar-refractivity contribution in [1.29, 1.82) is 0 Å². The Kier molecular flexibility index (Phi) is 6.34. The largest absolute Gasteiger partial charge is 0.623 e. The summed E-state index contributed by atoms with van der Waals surface area (Å²) in [5.41, 5.74) is 1.58. The van der Waals surface area contributed by atoms with Crippen LogP contribution in [0.4, 0.5) is 0 Å². The Morgan fingerprint density at radius 2 is 1.85 bits per heavy atom. The first-order valence-corrected chi connectivity index (χ1v) is 9.45. The van der Waals surface area contributed by atoms with Gasteiger partial charge in [0.15, 0.2) is 11.5 Å². The number of hydroxylamine groups is 1. The van der Waals surface area contributed by atoms with E-state index in [1.54, 1.807) is 14.0 Å². The van der Waals surface area contributed by atoms with Crippen molar-refractivity contribution >= 4 is 11.7 Å². The van der Waals surface area contributed by atoms with Gasteiger partial charge in [0.1, 0.15) is 5.75 Å². The lowest BCUT2D eigenvalue weighted by molar-refractivity contribution is -0.492. The number of nitrogens with zero attached hydrogens (tertiary/aromatic N) is 1. The molecule has 0 N–H and O–H groups in total. The Morgan fingerprint density at radius 3 is 2.41 bits per heavy atom. The molecule has 3 rings (SSSR count). The van der Waals surface area contributed by atoms with Crippen LogP contribution in [0.15, 0.2) is 24.3 Å². The fraction of sp³-hybridized carbons (Fsp3) is 0.600. The topological polar surface area (TPSA) is 80.1 Å². The fourth-order valence-electron chi connectivity index (χ4n) is 3.63. The molecule has 2 aliphatic rings. The smallest absolute Gasteiger partial charge is 0.377 e. The van der Waals surface area contributed by atoms with E-state index in [0.717, 1.165) is 16.1 Å². The van der Waals surface area contributed by atoms with Gasteiger partial charge in [-0.05, 0) is 24.6 Å². The molecule has 27 heavy (non-hydrogen) atoms. The number of carbonyl (C=O) groups is 1. The minimum absolute atomic E-state index is 0.242. The zero-order chi connectivity index (χ0) is 19.3. The molecule has 1 aromatic rings. The summed E-state index contributed by atoms with van der Waals surface area (Å²) < 4.78 is 22.6. The fourth-order valence-corrected chi connectivity index (χ4v) is 3.63. The van der Waals surface area contributed by atoms with E-state index in [9.17, 15) is 10.0 Å². The lowest BCUT2D eigenvalue weighted by atomic mass is 9.92. The standard InChI is InChI=1S/C20H27NO6/c1-3-25-19(22)18(14-15-4-6-17(24-2)7-5-15)21(23)16-8-10-20(11-9-16)26-12-13-27-20/h4-7,18H,3,8-14H2,1-2H3. The SMILES string of the molecule is CCOC(=O)C(Cc1ccc(OC)cc1)[N+]([O-])=C1CCC2(CC1)OCCO2. The first kappa shape index (κ1) is 19.6. The van der Waals surface area contributed by atoms with Gasteiger partial charge in [-0.2, -0.15) is 4.74 Å². The Labute approximate surface area is 159 Å².